The van der Waals surface area contributed by atoms with Crippen LogP contribution in [0.2, 0.25) is 0 Å². The van der Waals surface area contributed by atoms with Crippen LogP contribution in [0.15, 0.2) is 0 Å². The minimum Gasteiger partial charge on any atom is -0.376 e. The molecule has 1 heterocycles. The van der Waals surface area contributed by atoms with Crippen molar-refractivity contribution in [2.24, 2.45) is 0 Å². The van der Waals surface area contributed by atoms with Gasteiger partial charge >= 0.3 is 0 Å². The maximum absolute atomic E-state index is 5.69. The first-order valence-electron chi connectivity index (χ1n) is 5.29. The molecule has 0 unspecified atom stereocenters. The summed E-state index contributed by atoms with van der Waals surface area (Å²) in [6, 6.07) is 0. The molecule has 0 bridgehead atoms. The van der Waals surface area contributed by atoms with Gasteiger partial charge in [-0.25, -0.2) is 0 Å². The highest BCUT2D eigenvalue weighted by atomic mass is 32.1. The summed E-state index contributed by atoms with van der Waals surface area (Å²) < 4.78 is 9.57. The van der Waals surface area contributed by atoms with Crippen LogP contribution in [0, 0.1) is 0 Å². The molecule has 0 aliphatic heterocycles. The van der Waals surface area contributed by atoms with Crippen molar-refractivity contribution in [2.45, 2.75) is 31.8 Å². The highest BCUT2D eigenvalue weighted by Crippen LogP contribution is 2.20. The zero-order valence-corrected chi connectivity index (χ0v) is 9.42. The van der Waals surface area contributed by atoms with Gasteiger partial charge in [0.1, 0.15) is 0 Å². The highest BCUT2D eigenvalue weighted by Gasteiger charge is 2.14. The normalized spacial score (nSPS) is 17.1. The van der Waals surface area contributed by atoms with E-state index in [-0.39, 0.29) is 0 Å². The summed E-state index contributed by atoms with van der Waals surface area (Å²) in [6.07, 6.45) is 5.53. The molecule has 2 rings (SSSR count). The fourth-order valence-corrected chi connectivity index (χ4v) is 2.27. The van der Waals surface area contributed by atoms with E-state index in [0.29, 0.717) is 12.1 Å². The largest absolute Gasteiger partial charge is 0.376 e. The van der Waals surface area contributed by atoms with E-state index in [4.69, 9.17) is 10.5 Å². The van der Waals surface area contributed by atoms with Gasteiger partial charge in [0.25, 0.3) is 0 Å². The Bertz CT molecular complexity index is 298. The Kier molecular flexibility index (Phi) is 3.74. The Balaban J connectivity index is 1.58. The first-order chi connectivity index (χ1) is 7.34. The van der Waals surface area contributed by atoms with Crippen LogP contribution in [-0.2, 0) is 4.74 Å². The second kappa shape index (κ2) is 5.27. The van der Waals surface area contributed by atoms with E-state index in [1.807, 2.05) is 0 Å². The van der Waals surface area contributed by atoms with Crippen LogP contribution in [0.4, 0.5) is 11.1 Å². The summed E-state index contributed by atoms with van der Waals surface area (Å²) in [4.78, 5) is 4.00. The maximum Gasteiger partial charge on any atom is 0.233 e. The van der Waals surface area contributed by atoms with E-state index >= 15 is 0 Å². The van der Waals surface area contributed by atoms with E-state index in [2.05, 4.69) is 14.7 Å². The number of rotatable bonds is 5. The van der Waals surface area contributed by atoms with Gasteiger partial charge in [-0.2, -0.15) is 9.36 Å². The number of aromatic nitrogens is 2. The average molecular weight is 228 g/mol. The minimum atomic E-state index is 0.333. The lowest BCUT2D eigenvalue weighted by molar-refractivity contribution is 0.0659. The molecule has 1 aromatic rings. The maximum atomic E-state index is 5.69. The molecule has 1 fully saturated rings. The van der Waals surface area contributed by atoms with Crippen molar-refractivity contribution >= 4 is 22.6 Å². The summed E-state index contributed by atoms with van der Waals surface area (Å²) in [5.41, 5.74) is 5.40. The molecule has 1 aliphatic rings. The fraction of sp³-hybridized carbons (Fsp3) is 0.778. The molecule has 3 N–H and O–H groups in total. The van der Waals surface area contributed by atoms with Crippen LogP contribution in [0.25, 0.3) is 0 Å². The van der Waals surface area contributed by atoms with Crippen molar-refractivity contribution in [3.05, 3.63) is 0 Å². The van der Waals surface area contributed by atoms with Crippen LogP contribution in [0.5, 0.6) is 0 Å². The lowest BCUT2D eigenvalue weighted by Gasteiger charge is -2.10. The Morgan fingerprint density at radius 3 is 2.93 bits per heavy atom. The monoisotopic (exact) mass is 228 g/mol. The molecule has 0 spiro atoms. The SMILES string of the molecule is Nc1nsc(NCCOC2CCCC2)n1. The lowest BCUT2D eigenvalue weighted by atomic mass is 10.3. The Labute approximate surface area is 93.2 Å². The molecule has 1 saturated carbocycles. The highest BCUT2D eigenvalue weighted by molar-refractivity contribution is 7.09. The van der Waals surface area contributed by atoms with Crippen LogP contribution >= 0.6 is 11.5 Å². The number of ether oxygens (including phenoxy) is 1. The standard InChI is InChI=1S/C9H16N4OS/c10-8-12-9(15-13-8)11-5-6-14-7-3-1-2-4-7/h7H,1-6H2,(H3,10,11,12,13). The third kappa shape index (κ3) is 3.32. The number of nitrogens with two attached hydrogens (primary N) is 1. The topological polar surface area (TPSA) is 73.1 Å². The van der Waals surface area contributed by atoms with Crippen LogP contribution in [0.3, 0.4) is 0 Å². The first-order valence-corrected chi connectivity index (χ1v) is 6.06. The fourth-order valence-electron chi connectivity index (χ4n) is 1.75. The smallest absolute Gasteiger partial charge is 0.233 e. The van der Waals surface area contributed by atoms with Crippen molar-refractivity contribution in [1.82, 2.24) is 9.36 Å². The van der Waals surface area contributed by atoms with E-state index in [1.165, 1.54) is 37.2 Å². The summed E-state index contributed by atoms with van der Waals surface area (Å²) in [5, 5.41) is 3.90. The Morgan fingerprint density at radius 2 is 2.27 bits per heavy atom. The molecule has 0 saturated heterocycles. The molecule has 84 valence electrons. The van der Waals surface area contributed by atoms with Crippen molar-refractivity contribution < 1.29 is 4.74 Å². The van der Waals surface area contributed by atoms with Gasteiger partial charge in [0.15, 0.2) is 0 Å². The number of hydrogen-bond donors (Lipinski definition) is 2. The third-order valence-electron chi connectivity index (χ3n) is 2.48. The number of hydrogen-bond acceptors (Lipinski definition) is 6. The van der Waals surface area contributed by atoms with Gasteiger partial charge in [-0.15, -0.1) is 0 Å². The second-order valence-electron chi connectivity index (χ2n) is 3.66. The molecule has 6 heteroatoms. The zero-order valence-electron chi connectivity index (χ0n) is 8.61. The van der Waals surface area contributed by atoms with Crippen molar-refractivity contribution in [1.29, 1.82) is 0 Å². The summed E-state index contributed by atoms with van der Waals surface area (Å²) in [7, 11) is 0. The van der Waals surface area contributed by atoms with Gasteiger partial charge in [-0.1, -0.05) is 12.8 Å². The molecule has 5 nitrogen and oxygen atoms in total. The van der Waals surface area contributed by atoms with E-state index < -0.39 is 0 Å². The van der Waals surface area contributed by atoms with E-state index in [9.17, 15) is 0 Å². The van der Waals surface area contributed by atoms with Crippen molar-refractivity contribution in [3.8, 4) is 0 Å². The molecule has 0 amide bonds. The summed E-state index contributed by atoms with van der Waals surface area (Å²) in [5.74, 6) is 0.333. The number of anilines is 2. The van der Waals surface area contributed by atoms with Gasteiger partial charge < -0.3 is 15.8 Å². The second-order valence-corrected chi connectivity index (χ2v) is 4.41. The van der Waals surface area contributed by atoms with Gasteiger partial charge in [0, 0.05) is 18.1 Å². The van der Waals surface area contributed by atoms with Gasteiger partial charge in [0.05, 0.1) is 12.7 Å². The Morgan fingerprint density at radius 1 is 1.47 bits per heavy atom. The van der Waals surface area contributed by atoms with E-state index in [0.717, 1.165) is 18.3 Å². The van der Waals surface area contributed by atoms with Gasteiger partial charge in [-0.3, -0.25) is 0 Å². The molecule has 15 heavy (non-hydrogen) atoms. The van der Waals surface area contributed by atoms with Crippen LogP contribution in [0.1, 0.15) is 25.7 Å². The van der Waals surface area contributed by atoms with Crippen LogP contribution < -0.4 is 11.1 Å². The predicted molar refractivity (Wildman–Crippen MR) is 61.0 cm³/mol. The molecule has 0 radical (unpaired) electrons. The van der Waals surface area contributed by atoms with Crippen molar-refractivity contribution in [3.63, 3.8) is 0 Å². The summed E-state index contributed by atoms with van der Waals surface area (Å²) in [6.45, 7) is 1.50. The molecule has 0 aromatic carbocycles. The van der Waals surface area contributed by atoms with Crippen molar-refractivity contribution in [2.75, 3.05) is 24.2 Å². The van der Waals surface area contributed by atoms with Crippen LogP contribution in [-0.4, -0.2) is 28.6 Å². The number of nitrogens with one attached hydrogen (secondary N) is 1. The average Bonchev–Trinajstić information content (AvgIpc) is 2.84. The lowest BCUT2D eigenvalue weighted by Crippen LogP contribution is -2.15. The molecule has 0 atom stereocenters. The third-order valence-corrected chi connectivity index (χ3v) is 3.16. The zero-order chi connectivity index (χ0) is 10.5. The quantitative estimate of drug-likeness (QED) is 0.747. The Hall–Kier alpha value is -0.880. The number of nitrogen functional groups attached to an aromatic ring is 1. The number of nitrogens with zero attached hydrogens (tertiary/aromatic N) is 2. The molecule has 1 aliphatic carbocycles. The minimum absolute atomic E-state index is 0.333. The summed E-state index contributed by atoms with van der Waals surface area (Å²) >= 11 is 1.28. The van der Waals surface area contributed by atoms with E-state index in [1.54, 1.807) is 0 Å². The molecule has 1 aromatic heterocycles. The van der Waals surface area contributed by atoms with Gasteiger partial charge in [-0.05, 0) is 12.8 Å². The van der Waals surface area contributed by atoms with Gasteiger partial charge in [0.2, 0.25) is 11.1 Å². The first kappa shape index (κ1) is 10.6. The molecular weight excluding hydrogens is 212 g/mol. The predicted octanol–water partition coefficient (Wildman–Crippen LogP) is 1.49. The molecular formula is C9H16N4OS.